The molecular weight excluding hydrogens is 292 g/mol. The van der Waals surface area contributed by atoms with Crippen LogP contribution >= 0.6 is 11.6 Å². The SMILES string of the molecule is CC1CN(C(CN)c2cc(Cl)c3c(c2)OCO3)C(C)CO1. The molecule has 3 unspecified atom stereocenters. The number of nitrogens with zero attached hydrogens (tertiary/aromatic N) is 1. The highest BCUT2D eigenvalue weighted by molar-refractivity contribution is 6.32. The molecule has 0 aliphatic carbocycles. The molecule has 1 fully saturated rings. The lowest BCUT2D eigenvalue weighted by Gasteiger charge is -2.41. The van der Waals surface area contributed by atoms with Crippen LogP contribution < -0.4 is 15.2 Å². The molecule has 5 nitrogen and oxygen atoms in total. The van der Waals surface area contributed by atoms with Crippen molar-refractivity contribution in [1.29, 1.82) is 0 Å². The fraction of sp³-hybridized carbons (Fsp3) is 0.600. The summed E-state index contributed by atoms with van der Waals surface area (Å²) in [7, 11) is 0. The van der Waals surface area contributed by atoms with Crippen LogP contribution in [0.4, 0.5) is 0 Å². The fourth-order valence-corrected chi connectivity index (χ4v) is 3.28. The number of hydrogen-bond donors (Lipinski definition) is 1. The number of benzene rings is 1. The Morgan fingerprint density at radius 2 is 2.19 bits per heavy atom. The van der Waals surface area contributed by atoms with Gasteiger partial charge in [0, 0.05) is 25.2 Å². The van der Waals surface area contributed by atoms with Crippen LogP contribution in [0.2, 0.25) is 5.02 Å². The molecule has 1 aromatic carbocycles. The van der Waals surface area contributed by atoms with Crippen molar-refractivity contribution in [1.82, 2.24) is 4.90 Å². The van der Waals surface area contributed by atoms with Crippen LogP contribution in [-0.2, 0) is 4.74 Å². The molecule has 3 rings (SSSR count). The normalized spacial score (nSPS) is 26.9. The Balaban J connectivity index is 1.91. The van der Waals surface area contributed by atoms with Crippen molar-refractivity contribution in [2.45, 2.75) is 32.0 Å². The largest absolute Gasteiger partial charge is 0.454 e. The molecule has 1 aromatic rings. The standard InChI is InChI=1S/C15H21ClN2O3/c1-9-7-19-10(2)6-18(9)13(5-17)11-3-12(16)15-14(4-11)20-8-21-15/h3-4,9-10,13H,5-8,17H2,1-2H3. The van der Waals surface area contributed by atoms with Crippen molar-refractivity contribution >= 4 is 11.6 Å². The first kappa shape index (κ1) is 14.9. The van der Waals surface area contributed by atoms with Crippen LogP contribution in [0.25, 0.3) is 0 Å². The van der Waals surface area contributed by atoms with E-state index in [0.29, 0.717) is 29.1 Å². The van der Waals surface area contributed by atoms with Gasteiger partial charge in [-0.15, -0.1) is 0 Å². The Morgan fingerprint density at radius 1 is 1.38 bits per heavy atom. The van der Waals surface area contributed by atoms with Gasteiger partial charge in [0.15, 0.2) is 11.5 Å². The van der Waals surface area contributed by atoms with E-state index in [1.807, 2.05) is 12.1 Å². The molecule has 0 saturated carbocycles. The van der Waals surface area contributed by atoms with Crippen molar-refractivity contribution in [2.24, 2.45) is 5.73 Å². The predicted molar refractivity (Wildman–Crippen MR) is 81.0 cm³/mol. The molecular formula is C15H21ClN2O3. The number of fused-ring (bicyclic) bond motifs is 1. The fourth-order valence-electron chi connectivity index (χ4n) is 3.01. The summed E-state index contributed by atoms with van der Waals surface area (Å²) >= 11 is 6.29. The minimum atomic E-state index is 0.0957. The summed E-state index contributed by atoms with van der Waals surface area (Å²) in [6.07, 6.45) is 0.208. The first-order chi connectivity index (χ1) is 10.1. The van der Waals surface area contributed by atoms with Crippen molar-refractivity contribution in [3.05, 3.63) is 22.7 Å². The van der Waals surface area contributed by atoms with Gasteiger partial charge in [0.2, 0.25) is 6.79 Å². The molecule has 2 N–H and O–H groups in total. The van der Waals surface area contributed by atoms with E-state index < -0.39 is 0 Å². The van der Waals surface area contributed by atoms with E-state index in [1.54, 1.807) is 0 Å². The average Bonchev–Trinajstić information content (AvgIpc) is 2.92. The summed E-state index contributed by atoms with van der Waals surface area (Å²) in [6.45, 7) is 6.55. The molecule has 1 saturated heterocycles. The first-order valence-corrected chi connectivity index (χ1v) is 7.64. The molecule has 6 heteroatoms. The predicted octanol–water partition coefficient (Wildman–Crippen LogP) is 2.18. The second-order valence-corrected chi connectivity index (χ2v) is 6.08. The van der Waals surface area contributed by atoms with E-state index in [-0.39, 0.29) is 18.9 Å². The van der Waals surface area contributed by atoms with Gasteiger partial charge in [0.05, 0.1) is 17.7 Å². The molecule has 0 spiro atoms. The number of halogens is 1. The van der Waals surface area contributed by atoms with Gasteiger partial charge in [-0.3, -0.25) is 4.90 Å². The molecule has 0 aromatic heterocycles. The second kappa shape index (κ2) is 6.01. The van der Waals surface area contributed by atoms with Crippen molar-refractivity contribution in [3.63, 3.8) is 0 Å². The van der Waals surface area contributed by atoms with E-state index in [4.69, 9.17) is 31.5 Å². The van der Waals surface area contributed by atoms with Crippen LogP contribution in [0.15, 0.2) is 12.1 Å². The smallest absolute Gasteiger partial charge is 0.231 e. The molecule has 2 aliphatic rings. The number of rotatable bonds is 3. The zero-order valence-electron chi connectivity index (χ0n) is 12.3. The molecule has 2 heterocycles. The summed E-state index contributed by atoms with van der Waals surface area (Å²) in [5.74, 6) is 1.32. The number of hydrogen-bond acceptors (Lipinski definition) is 5. The molecule has 0 bridgehead atoms. The van der Waals surface area contributed by atoms with Crippen LogP contribution in [0.5, 0.6) is 11.5 Å². The highest BCUT2D eigenvalue weighted by atomic mass is 35.5. The van der Waals surface area contributed by atoms with Crippen LogP contribution in [0, 0.1) is 0 Å². The van der Waals surface area contributed by atoms with Gasteiger partial charge >= 0.3 is 0 Å². The lowest BCUT2D eigenvalue weighted by molar-refractivity contribution is -0.0654. The van der Waals surface area contributed by atoms with Gasteiger partial charge < -0.3 is 19.9 Å². The first-order valence-electron chi connectivity index (χ1n) is 7.26. The molecule has 116 valence electrons. The van der Waals surface area contributed by atoms with Crippen molar-refractivity contribution in [2.75, 3.05) is 26.5 Å². The van der Waals surface area contributed by atoms with Gasteiger partial charge in [0.25, 0.3) is 0 Å². The van der Waals surface area contributed by atoms with E-state index in [1.165, 1.54) is 0 Å². The molecule has 3 atom stereocenters. The van der Waals surface area contributed by atoms with E-state index in [0.717, 1.165) is 18.7 Å². The Morgan fingerprint density at radius 3 is 2.95 bits per heavy atom. The maximum absolute atomic E-state index is 6.29. The quantitative estimate of drug-likeness (QED) is 0.927. The highest BCUT2D eigenvalue weighted by Gasteiger charge is 2.31. The highest BCUT2D eigenvalue weighted by Crippen LogP contribution is 2.42. The summed E-state index contributed by atoms with van der Waals surface area (Å²) in [5, 5.41) is 0.576. The molecule has 2 aliphatic heterocycles. The van der Waals surface area contributed by atoms with E-state index in [9.17, 15) is 0 Å². The van der Waals surface area contributed by atoms with Crippen molar-refractivity contribution in [3.8, 4) is 11.5 Å². The summed E-state index contributed by atoms with van der Waals surface area (Å²) in [6, 6.07) is 4.33. The Kier molecular flexibility index (Phi) is 4.26. The lowest BCUT2D eigenvalue weighted by Crippen LogP contribution is -2.50. The van der Waals surface area contributed by atoms with E-state index in [2.05, 4.69) is 18.7 Å². The van der Waals surface area contributed by atoms with Gasteiger partial charge in [-0.05, 0) is 31.5 Å². The topological polar surface area (TPSA) is 57.0 Å². The minimum absolute atomic E-state index is 0.0957. The van der Waals surface area contributed by atoms with Gasteiger partial charge in [-0.25, -0.2) is 0 Å². The van der Waals surface area contributed by atoms with Gasteiger partial charge in [0.1, 0.15) is 0 Å². The minimum Gasteiger partial charge on any atom is -0.454 e. The zero-order valence-corrected chi connectivity index (χ0v) is 13.1. The Bertz CT molecular complexity index is 526. The van der Waals surface area contributed by atoms with Crippen LogP contribution in [-0.4, -0.2) is 43.5 Å². The maximum Gasteiger partial charge on any atom is 0.231 e. The summed E-state index contributed by atoms with van der Waals surface area (Å²) in [5.41, 5.74) is 7.10. The number of ether oxygens (including phenoxy) is 3. The Hall–Kier alpha value is -1.01. The maximum atomic E-state index is 6.29. The van der Waals surface area contributed by atoms with Crippen LogP contribution in [0.1, 0.15) is 25.5 Å². The van der Waals surface area contributed by atoms with E-state index >= 15 is 0 Å². The third-order valence-corrected chi connectivity index (χ3v) is 4.39. The average molecular weight is 313 g/mol. The third-order valence-electron chi connectivity index (χ3n) is 4.11. The van der Waals surface area contributed by atoms with Gasteiger partial charge in [-0.1, -0.05) is 11.6 Å². The second-order valence-electron chi connectivity index (χ2n) is 5.68. The molecule has 0 amide bonds. The van der Waals surface area contributed by atoms with Crippen molar-refractivity contribution < 1.29 is 14.2 Å². The zero-order chi connectivity index (χ0) is 15.0. The molecule has 0 radical (unpaired) electrons. The number of morpholine rings is 1. The molecule has 21 heavy (non-hydrogen) atoms. The summed E-state index contributed by atoms with van der Waals surface area (Å²) < 4.78 is 16.5. The third kappa shape index (κ3) is 2.83. The van der Waals surface area contributed by atoms with Crippen LogP contribution in [0.3, 0.4) is 0 Å². The number of nitrogens with two attached hydrogens (primary N) is 1. The summed E-state index contributed by atoms with van der Waals surface area (Å²) in [4.78, 5) is 2.38. The lowest BCUT2D eigenvalue weighted by atomic mass is 10.0. The monoisotopic (exact) mass is 312 g/mol. The van der Waals surface area contributed by atoms with Gasteiger partial charge in [-0.2, -0.15) is 0 Å². The Labute approximate surface area is 129 Å².